The fourth-order valence-electron chi connectivity index (χ4n) is 5.78. The van der Waals surface area contributed by atoms with Gasteiger partial charge < -0.3 is 14.4 Å². The maximum absolute atomic E-state index is 14.1. The lowest BCUT2D eigenvalue weighted by atomic mass is 9.72. The van der Waals surface area contributed by atoms with Crippen molar-refractivity contribution < 1.29 is 9.47 Å². The lowest BCUT2D eigenvalue weighted by Gasteiger charge is -2.44. The standard InChI is InChI=1S/C30H37N5O3S2/c1-4-40(3)16-14-38-20-35-28(23-18-22-5-15-39-24(22)19-31-23)33-26-21(2)17-25(32-27(26)29(35)36)34-10-6-30(7-11-34)8-12-37-13-9-30/h4-5,15,17-19H,6-14,16,20H2,1-3H3. The summed E-state index contributed by atoms with van der Waals surface area (Å²) in [7, 11) is 0.183. The topological polar surface area (TPSA) is 82.4 Å². The van der Waals surface area contributed by atoms with Crippen molar-refractivity contribution in [3.05, 3.63) is 45.7 Å². The van der Waals surface area contributed by atoms with E-state index in [2.05, 4.69) is 40.6 Å². The summed E-state index contributed by atoms with van der Waals surface area (Å²) in [5.41, 5.74) is 2.83. The Morgan fingerprint density at radius 3 is 2.73 bits per heavy atom. The van der Waals surface area contributed by atoms with Gasteiger partial charge in [-0.1, -0.05) is 5.37 Å². The Kier molecular flexibility index (Phi) is 8.03. The van der Waals surface area contributed by atoms with Crippen molar-refractivity contribution in [2.24, 2.45) is 5.41 Å². The second-order valence-corrected chi connectivity index (χ2v) is 14.2. The lowest BCUT2D eigenvalue weighted by molar-refractivity contribution is 0.00206. The Balaban J connectivity index is 1.37. The first-order valence-corrected chi connectivity index (χ1v) is 16.8. The van der Waals surface area contributed by atoms with Crippen molar-refractivity contribution in [3.63, 3.8) is 0 Å². The minimum Gasteiger partial charge on any atom is -0.381 e. The van der Waals surface area contributed by atoms with Gasteiger partial charge in [0.2, 0.25) is 0 Å². The number of aryl methyl sites for hydroxylation is 1. The molecule has 212 valence electrons. The minimum absolute atomic E-state index is 0.112. The molecular weight excluding hydrogens is 542 g/mol. The number of pyridine rings is 2. The second-order valence-electron chi connectivity index (χ2n) is 11.0. The van der Waals surface area contributed by atoms with Crippen LogP contribution in [0.2, 0.25) is 0 Å². The minimum atomic E-state index is -0.187. The average Bonchev–Trinajstić information content (AvgIpc) is 3.45. The number of nitrogens with zero attached hydrogens (tertiary/aromatic N) is 5. The third-order valence-electron chi connectivity index (χ3n) is 8.53. The van der Waals surface area contributed by atoms with Gasteiger partial charge in [0.1, 0.15) is 18.2 Å². The quantitative estimate of drug-likeness (QED) is 0.212. The normalized spacial score (nSPS) is 18.2. The number of hydrogen-bond donors (Lipinski definition) is 0. The van der Waals surface area contributed by atoms with E-state index in [1.54, 1.807) is 15.9 Å². The summed E-state index contributed by atoms with van der Waals surface area (Å²) in [4.78, 5) is 31.0. The Hall–Kier alpha value is -2.66. The van der Waals surface area contributed by atoms with Crippen LogP contribution in [0.1, 0.15) is 38.2 Å². The van der Waals surface area contributed by atoms with Crippen LogP contribution in [0.3, 0.4) is 0 Å². The van der Waals surface area contributed by atoms with Gasteiger partial charge in [-0.05, 0) is 85.7 Å². The lowest BCUT2D eigenvalue weighted by Crippen LogP contribution is -2.43. The highest BCUT2D eigenvalue weighted by Crippen LogP contribution is 2.41. The van der Waals surface area contributed by atoms with E-state index in [0.717, 1.165) is 79.2 Å². The highest BCUT2D eigenvalue weighted by Gasteiger charge is 2.36. The molecule has 2 aliphatic heterocycles. The van der Waals surface area contributed by atoms with Gasteiger partial charge in [0.05, 0.1) is 16.8 Å². The van der Waals surface area contributed by atoms with E-state index in [9.17, 15) is 4.79 Å². The molecule has 40 heavy (non-hydrogen) atoms. The van der Waals surface area contributed by atoms with Gasteiger partial charge in [-0.3, -0.25) is 14.3 Å². The van der Waals surface area contributed by atoms with Crippen LogP contribution >= 0.6 is 21.8 Å². The molecule has 4 aromatic heterocycles. The summed E-state index contributed by atoms with van der Waals surface area (Å²) >= 11 is 1.65. The number of anilines is 1. The number of aromatic nitrogens is 4. The van der Waals surface area contributed by atoms with Gasteiger partial charge >= 0.3 is 0 Å². The highest BCUT2D eigenvalue weighted by atomic mass is 32.2. The molecular formula is C30H37N5O3S2. The molecule has 1 atom stereocenters. The zero-order chi connectivity index (χ0) is 27.7. The number of fused-ring (bicyclic) bond motifs is 2. The predicted octanol–water partition coefficient (Wildman–Crippen LogP) is 5.47. The first kappa shape index (κ1) is 27.5. The average molecular weight is 580 g/mol. The third kappa shape index (κ3) is 5.46. The Morgan fingerprint density at radius 1 is 1.15 bits per heavy atom. The van der Waals surface area contributed by atoms with Crippen LogP contribution < -0.4 is 10.5 Å². The Morgan fingerprint density at radius 2 is 1.95 bits per heavy atom. The molecule has 2 saturated heterocycles. The van der Waals surface area contributed by atoms with Crippen LogP contribution in [0, 0.1) is 12.3 Å². The Labute approximate surface area is 241 Å². The largest absolute Gasteiger partial charge is 0.381 e. The summed E-state index contributed by atoms with van der Waals surface area (Å²) in [5, 5.41) is 5.33. The summed E-state index contributed by atoms with van der Waals surface area (Å²) in [6, 6.07) is 6.15. The number of thiophene rings is 1. The zero-order valence-corrected chi connectivity index (χ0v) is 25.2. The monoisotopic (exact) mass is 579 g/mol. The molecule has 0 aliphatic carbocycles. The number of rotatable bonds is 7. The third-order valence-corrected chi connectivity index (χ3v) is 11.0. The van der Waals surface area contributed by atoms with Gasteiger partial charge in [-0.15, -0.1) is 11.3 Å². The van der Waals surface area contributed by atoms with E-state index in [1.165, 1.54) is 0 Å². The van der Waals surface area contributed by atoms with Crippen LogP contribution in [0.5, 0.6) is 0 Å². The fourth-order valence-corrected chi connectivity index (χ4v) is 7.13. The maximum atomic E-state index is 14.1. The first-order chi connectivity index (χ1) is 19.5. The number of hydrogen-bond acceptors (Lipinski definition) is 8. The molecule has 0 radical (unpaired) electrons. The fraction of sp³-hybridized carbons (Fsp3) is 0.500. The molecule has 6 heterocycles. The molecule has 0 N–H and O–H groups in total. The molecule has 0 bridgehead atoms. The van der Waals surface area contributed by atoms with E-state index in [-0.39, 0.29) is 22.8 Å². The maximum Gasteiger partial charge on any atom is 0.282 e. The van der Waals surface area contributed by atoms with Gasteiger partial charge in [-0.25, -0.2) is 9.97 Å². The molecule has 10 heteroatoms. The molecule has 2 aliphatic rings. The van der Waals surface area contributed by atoms with E-state index >= 15 is 0 Å². The van der Waals surface area contributed by atoms with Crippen molar-refractivity contribution in [1.29, 1.82) is 0 Å². The van der Waals surface area contributed by atoms with Crippen LogP contribution in [-0.4, -0.2) is 69.8 Å². The van der Waals surface area contributed by atoms with Crippen molar-refractivity contribution in [2.45, 2.75) is 46.3 Å². The molecule has 0 saturated carbocycles. The molecule has 6 rings (SSSR count). The first-order valence-electron chi connectivity index (χ1n) is 14.0. The van der Waals surface area contributed by atoms with Crippen LogP contribution in [-0.2, 0) is 16.2 Å². The smallest absolute Gasteiger partial charge is 0.282 e. The second kappa shape index (κ2) is 11.7. The molecule has 0 aromatic carbocycles. The van der Waals surface area contributed by atoms with Crippen LogP contribution in [0.25, 0.3) is 32.6 Å². The summed E-state index contributed by atoms with van der Waals surface area (Å²) in [6.45, 7) is 8.40. The van der Waals surface area contributed by atoms with Gasteiger partial charge in [0.15, 0.2) is 11.3 Å². The predicted molar refractivity (Wildman–Crippen MR) is 167 cm³/mol. The number of piperidine rings is 1. The Bertz CT molecular complexity index is 1610. The van der Waals surface area contributed by atoms with Crippen molar-refractivity contribution in [2.75, 3.05) is 49.8 Å². The summed E-state index contributed by atoms with van der Waals surface area (Å²) in [5.74, 6) is 2.29. The van der Waals surface area contributed by atoms with E-state index in [0.29, 0.717) is 34.6 Å². The van der Waals surface area contributed by atoms with Crippen molar-refractivity contribution in [1.82, 2.24) is 19.5 Å². The van der Waals surface area contributed by atoms with E-state index in [1.807, 2.05) is 24.6 Å². The molecule has 4 aromatic rings. The van der Waals surface area contributed by atoms with Gasteiger partial charge in [-0.2, -0.15) is 10.5 Å². The molecule has 0 amide bonds. The van der Waals surface area contributed by atoms with Gasteiger partial charge in [0, 0.05) is 38.3 Å². The summed E-state index contributed by atoms with van der Waals surface area (Å²) < 4.78 is 14.4. The molecule has 2 fully saturated rings. The van der Waals surface area contributed by atoms with Gasteiger partial charge in [0.25, 0.3) is 5.56 Å². The van der Waals surface area contributed by atoms with Crippen LogP contribution in [0.15, 0.2) is 34.6 Å². The summed E-state index contributed by atoms with van der Waals surface area (Å²) in [6.07, 6.45) is 8.60. The number of ether oxygens (including phenoxy) is 2. The van der Waals surface area contributed by atoms with Crippen LogP contribution in [0.4, 0.5) is 5.82 Å². The molecule has 1 spiro atoms. The highest BCUT2D eigenvalue weighted by molar-refractivity contribution is 8.14. The van der Waals surface area contributed by atoms with Crippen molar-refractivity contribution in [3.8, 4) is 11.5 Å². The van der Waals surface area contributed by atoms with E-state index in [4.69, 9.17) is 19.4 Å². The van der Waals surface area contributed by atoms with Crippen molar-refractivity contribution >= 4 is 54.1 Å². The molecule has 1 unspecified atom stereocenters. The zero-order valence-electron chi connectivity index (χ0n) is 23.5. The molecule has 8 nitrogen and oxygen atoms in total. The van der Waals surface area contributed by atoms with E-state index < -0.39 is 0 Å². The SMILES string of the molecule is C/C=S(\C)CCOCn1c(-c2cc3ccsc3cn2)nc2c(C)cc(N3CCC4(CCOCC4)CC3)nc2c1=O.